The molecule has 4 aromatic rings. The number of H-pyrrole nitrogens is 1. The summed E-state index contributed by atoms with van der Waals surface area (Å²) in [5.41, 5.74) is 5.23. The number of para-hydroxylation sites is 1. The van der Waals surface area contributed by atoms with Gasteiger partial charge >= 0.3 is 0 Å². The van der Waals surface area contributed by atoms with Gasteiger partial charge in [-0.1, -0.05) is 18.2 Å². The molecule has 4 rings (SSSR count). The van der Waals surface area contributed by atoms with Gasteiger partial charge in [0.25, 0.3) is 0 Å². The fraction of sp³-hybridized carbons (Fsp3) is 0.158. The molecule has 0 aliphatic rings. The number of nitrogens with zero attached hydrogens (tertiary/aromatic N) is 3. The second-order valence-electron chi connectivity index (χ2n) is 5.86. The average Bonchev–Trinajstić information content (AvgIpc) is 3.23. The Morgan fingerprint density at radius 1 is 1.08 bits per heavy atom. The number of hydrogen-bond acceptors (Lipinski definition) is 3. The van der Waals surface area contributed by atoms with E-state index in [0.717, 1.165) is 39.4 Å². The summed E-state index contributed by atoms with van der Waals surface area (Å²) in [7, 11) is 0. The summed E-state index contributed by atoms with van der Waals surface area (Å²) in [6, 6.07) is 12.2. The molecular weight excluding hydrogens is 371 g/mol. The van der Waals surface area contributed by atoms with Crippen LogP contribution < -0.4 is 4.74 Å². The van der Waals surface area contributed by atoms with E-state index >= 15 is 0 Å². The topological polar surface area (TPSA) is 55.7 Å². The van der Waals surface area contributed by atoms with E-state index in [4.69, 9.17) is 4.74 Å². The smallest absolute Gasteiger partial charge is 0.146 e. The molecule has 2 aromatic heterocycles. The van der Waals surface area contributed by atoms with E-state index in [0.29, 0.717) is 6.61 Å². The Hall–Kier alpha value is -2.50. The highest BCUT2D eigenvalue weighted by atomic mass is 35.5. The van der Waals surface area contributed by atoms with Crippen LogP contribution in [0.5, 0.6) is 5.75 Å². The molecule has 0 aliphatic heterocycles. The number of rotatable bonds is 4. The van der Waals surface area contributed by atoms with Gasteiger partial charge in [-0.2, -0.15) is 0 Å². The van der Waals surface area contributed by atoms with Crippen molar-refractivity contribution in [3.05, 3.63) is 72.1 Å². The van der Waals surface area contributed by atoms with Crippen LogP contribution in [0.3, 0.4) is 0 Å². The van der Waals surface area contributed by atoms with Gasteiger partial charge in [-0.15, -0.1) is 24.8 Å². The molecule has 0 unspecified atom stereocenters. The Labute approximate surface area is 164 Å². The first kappa shape index (κ1) is 19.8. The minimum Gasteiger partial charge on any atom is -0.485 e. The molecule has 0 amide bonds. The Balaban J connectivity index is 0.00000121. The van der Waals surface area contributed by atoms with Crippen LogP contribution in [0.2, 0.25) is 0 Å². The van der Waals surface area contributed by atoms with Crippen molar-refractivity contribution in [3.8, 4) is 11.4 Å². The second-order valence-corrected chi connectivity index (χ2v) is 5.86. The van der Waals surface area contributed by atoms with Crippen LogP contribution in [0.25, 0.3) is 16.7 Å². The zero-order chi connectivity index (χ0) is 16.5. The van der Waals surface area contributed by atoms with Gasteiger partial charge < -0.3 is 14.3 Å². The van der Waals surface area contributed by atoms with E-state index in [1.54, 1.807) is 12.5 Å². The summed E-state index contributed by atoms with van der Waals surface area (Å²) in [6.07, 6.45) is 5.46. The van der Waals surface area contributed by atoms with Gasteiger partial charge in [-0.3, -0.25) is 0 Å². The largest absolute Gasteiger partial charge is 0.485 e. The van der Waals surface area contributed by atoms with Crippen molar-refractivity contribution in [2.75, 3.05) is 0 Å². The van der Waals surface area contributed by atoms with Crippen LogP contribution in [0, 0.1) is 13.8 Å². The first-order valence-corrected chi connectivity index (χ1v) is 7.87. The molecule has 0 spiro atoms. The SMILES string of the molecule is Cc1cccc(C)c1OCc1nc2ccc(-n3ccnc3)cc2[nH]1.Cl.Cl. The van der Waals surface area contributed by atoms with Gasteiger partial charge in [-0.25, -0.2) is 9.97 Å². The highest BCUT2D eigenvalue weighted by molar-refractivity contribution is 5.85. The lowest BCUT2D eigenvalue weighted by Crippen LogP contribution is -2.00. The number of nitrogens with one attached hydrogen (secondary N) is 1. The van der Waals surface area contributed by atoms with Crippen molar-refractivity contribution in [2.24, 2.45) is 0 Å². The summed E-state index contributed by atoms with van der Waals surface area (Å²) >= 11 is 0. The Morgan fingerprint density at radius 2 is 1.85 bits per heavy atom. The maximum Gasteiger partial charge on any atom is 0.146 e. The van der Waals surface area contributed by atoms with Gasteiger partial charge in [0.15, 0.2) is 0 Å². The normalized spacial score (nSPS) is 10.2. The number of halogens is 2. The van der Waals surface area contributed by atoms with Crippen LogP contribution in [0.1, 0.15) is 17.0 Å². The first-order chi connectivity index (χ1) is 11.7. The van der Waals surface area contributed by atoms with Crippen LogP contribution in [0.15, 0.2) is 55.1 Å². The molecule has 2 heterocycles. The summed E-state index contributed by atoms with van der Waals surface area (Å²) in [4.78, 5) is 12.0. The number of aromatic amines is 1. The van der Waals surface area contributed by atoms with Crippen LogP contribution in [-0.2, 0) is 6.61 Å². The zero-order valence-corrected chi connectivity index (χ0v) is 16.1. The lowest BCUT2D eigenvalue weighted by atomic mass is 10.1. The number of imidazole rings is 2. The molecule has 136 valence electrons. The maximum absolute atomic E-state index is 5.98. The Morgan fingerprint density at radius 3 is 2.54 bits per heavy atom. The predicted octanol–water partition coefficient (Wildman–Crippen LogP) is 4.79. The van der Waals surface area contributed by atoms with E-state index in [-0.39, 0.29) is 24.8 Å². The van der Waals surface area contributed by atoms with Crippen molar-refractivity contribution < 1.29 is 4.74 Å². The van der Waals surface area contributed by atoms with E-state index in [9.17, 15) is 0 Å². The molecule has 0 saturated heterocycles. The lowest BCUT2D eigenvalue weighted by molar-refractivity contribution is 0.293. The molecule has 7 heteroatoms. The van der Waals surface area contributed by atoms with E-state index < -0.39 is 0 Å². The zero-order valence-electron chi connectivity index (χ0n) is 14.5. The fourth-order valence-electron chi connectivity index (χ4n) is 2.86. The molecule has 0 fully saturated rings. The number of fused-ring (bicyclic) bond motifs is 1. The van der Waals surface area contributed by atoms with E-state index in [1.165, 1.54) is 0 Å². The molecule has 1 N–H and O–H groups in total. The average molecular weight is 391 g/mol. The van der Waals surface area contributed by atoms with Gasteiger partial charge in [0.2, 0.25) is 0 Å². The minimum absolute atomic E-state index is 0. The van der Waals surface area contributed by atoms with Crippen molar-refractivity contribution in [1.29, 1.82) is 0 Å². The van der Waals surface area contributed by atoms with E-state index in [2.05, 4.69) is 47.0 Å². The predicted molar refractivity (Wildman–Crippen MR) is 108 cm³/mol. The highest BCUT2D eigenvalue weighted by Crippen LogP contribution is 2.24. The maximum atomic E-state index is 5.98. The van der Waals surface area contributed by atoms with Gasteiger partial charge in [0.05, 0.1) is 17.4 Å². The molecular formula is C19H20Cl2N4O. The van der Waals surface area contributed by atoms with Crippen LogP contribution >= 0.6 is 24.8 Å². The fourth-order valence-corrected chi connectivity index (χ4v) is 2.86. The van der Waals surface area contributed by atoms with Gasteiger partial charge in [-0.05, 0) is 43.2 Å². The summed E-state index contributed by atoms with van der Waals surface area (Å²) in [6.45, 7) is 4.53. The highest BCUT2D eigenvalue weighted by Gasteiger charge is 2.08. The molecule has 0 aliphatic carbocycles. The molecule has 0 saturated carbocycles. The molecule has 0 bridgehead atoms. The first-order valence-electron chi connectivity index (χ1n) is 7.87. The quantitative estimate of drug-likeness (QED) is 0.544. The third-order valence-corrected chi connectivity index (χ3v) is 4.08. The molecule has 0 radical (unpaired) electrons. The molecule has 0 atom stereocenters. The Bertz CT molecular complexity index is 976. The summed E-state index contributed by atoms with van der Waals surface area (Å²) < 4.78 is 7.94. The summed E-state index contributed by atoms with van der Waals surface area (Å²) in [5.74, 6) is 1.74. The van der Waals surface area contributed by atoms with Crippen LogP contribution in [0.4, 0.5) is 0 Å². The van der Waals surface area contributed by atoms with Gasteiger partial charge in [0.1, 0.15) is 18.2 Å². The third kappa shape index (κ3) is 3.84. The minimum atomic E-state index is 0. The van der Waals surface area contributed by atoms with Crippen LogP contribution in [-0.4, -0.2) is 19.5 Å². The number of ether oxygens (including phenoxy) is 1. The Kier molecular flexibility index (Phi) is 6.29. The lowest BCUT2D eigenvalue weighted by Gasteiger charge is -2.10. The number of benzene rings is 2. The van der Waals surface area contributed by atoms with Crippen molar-refractivity contribution in [2.45, 2.75) is 20.5 Å². The van der Waals surface area contributed by atoms with Crippen molar-refractivity contribution in [1.82, 2.24) is 19.5 Å². The number of aryl methyl sites for hydroxylation is 2. The number of hydrogen-bond donors (Lipinski definition) is 1. The van der Waals surface area contributed by atoms with E-state index in [1.807, 2.05) is 29.0 Å². The standard InChI is InChI=1S/C19H18N4O.2ClH/c1-13-4-3-5-14(2)19(13)24-11-18-21-16-7-6-15(10-17(16)22-18)23-9-8-20-12-23;;/h3-10,12H,11H2,1-2H3,(H,21,22);2*1H. The summed E-state index contributed by atoms with van der Waals surface area (Å²) in [5, 5.41) is 0. The third-order valence-electron chi connectivity index (χ3n) is 4.08. The van der Waals surface area contributed by atoms with Gasteiger partial charge in [0, 0.05) is 18.1 Å². The molecule has 26 heavy (non-hydrogen) atoms. The second kappa shape index (κ2) is 8.25. The molecule has 2 aromatic carbocycles. The van der Waals surface area contributed by atoms with Crippen molar-refractivity contribution >= 4 is 35.8 Å². The van der Waals surface area contributed by atoms with Crippen molar-refractivity contribution in [3.63, 3.8) is 0 Å². The molecule has 5 nitrogen and oxygen atoms in total. The monoisotopic (exact) mass is 390 g/mol. The number of aromatic nitrogens is 4.